The Bertz CT molecular complexity index is 925. The van der Waals surface area contributed by atoms with Crippen molar-refractivity contribution in [3.05, 3.63) is 18.7 Å². The first-order valence-electron chi connectivity index (χ1n) is 13.2. The number of rotatable bonds is 3. The third-order valence-corrected chi connectivity index (χ3v) is 10.4. The van der Waals surface area contributed by atoms with Crippen molar-refractivity contribution in [1.82, 2.24) is 9.55 Å². The van der Waals surface area contributed by atoms with E-state index in [1.165, 1.54) is 44.9 Å². The van der Waals surface area contributed by atoms with Crippen LogP contribution in [0, 0.1) is 58.7 Å². The van der Waals surface area contributed by atoms with Crippen molar-refractivity contribution in [3.8, 4) is 11.8 Å². The average Bonchev–Trinajstić information content (AvgIpc) is 3.34. The summed E-state index contributed by atoms with van der Waals surface area (Å²) in [6.45, 7) is 2.92. The van der Waals surface area contributed by atoms with E-state index in [4.69, 9.17) is 0 Å². The molecule has 1 aromatic heterocycles. The van der Waals surface area contributed by atoms with Crippen LogP contribution < -0.4 is 0 Å². The Balaban J connectivity index is 1.15. The van der Waals surface area contributed by atoms with E-state index < -0.39 is 5.60 Å². The zero-order chi connectivity index (χ0) is 21.9. The number of fused-ring (bicyclic) bond motifs is 5. The van der Waals surface area contributed by atoms with Crippen LogP contribution in [0.15, 0.2) is 18.7 Å². The number of aliphatic hydroxyl groups is 1. The summed E-state index contributed by atoms with van der Waals surface area (Å²) in [5.74, 6) is 11.5. The summed E-state index contributed by atoms with van der Waals surface area (Å²) in [6.07, 6.45) is 18.1. The lowest BCUT2D eigenvalue weighted by Crippen LogP contribution is -2.51. The normalized spacial score (nSPS) is 45.2. The van der Waals surface area contributed by atoms with Gasteiger partial charge in [-0.1, -0.05) is 18.8 Å². The number of nitrogens with zero attached hydrogens (tertiary/aromatic N) is 2. The molecular weight excluding hydrogens is 396 g/mol. The number of ketones is 1. The second kappa shape index (κ2) is 7.73. The second-order valence-corrected chi connectivity index (χ2v) is 12.1. The van der Waals surface area contributed by atoms with Gasteiger partial charge in [-0.3, -0.25) is 4.79 Å². The van der Waals surface area contributed by atoms with E-state index in [1.807, 2.05) is 10.8 Å². The Morgan fingerprint density at radius 3 is 2.69 bits per heavy atom. The lowest BCUT2D eigenvalue weighted by atomic mass is 9.49. The topological polar surface area (TPSA) is 55.1 Å². The summed E-state index contributed by atoms with van der Waals surface area (Å²) < 4.78 is 1.94. The Morgan fingerprint density at radius 2 is 1.91 bits per heavy atom. The lowest BCUT2D eigenvalue weighted by Gasteiger charge is -2.56. The minimum atomic E-state index is -0.724. The van der Waals surface area contributed by atoms with Gasteiger partial charge in [0.05, 0.1) is 12.9 Å². The van der Waals surface area contributed by atoms with Crippen LogP contribution in [0.4, 0.5) is 0 Å². The molecule has 5 aliphatic rings. The Hall–Kier alpha value is -1.60. The molecular formula is C28H38N2O2. The van der Waals surface area contributed by atoms with Crippen LogP contribution in [0.3, 0.4) is 0 Å². The van der Waals surface area contributed by atoms with E-state index in [0.717, 1.165) is 43.4 Å². The summed E-state index contributed by atoms with van der Waals surface area (Å²) >= 11 is 0. The van der Waals surface area contributed by atoms with Crippen molar-refractivity contribution >= 4 is 5.78 Å². The first kappa shape index (κ1) is 21.0. The monoisotopic (exact) mass is 434 g/mol. The van der Waals surface area contributed by atoms with Gasteiger partial charge in [0.2, 0.25) is 0 Å². The van der Waals surface area contributed by atoms with E-state index in [9.17, 15) is 9.90 Å². The molecule has 4 nitrogen and oxygen atoms in total. The largest absolute Gasteiger partial charge is 0.378 e. The molecule has 6 rings (SSSR count). The van der Waals surface area contributed by atoms with Crippen LogP contribution in [0.25, 0.3) is 0 Å². The average molecular weight is 435 g/mol. The van der Waals surface area contributed by atoms with Crippen molar-refractivity contribution in [2.24, 2.45) is 46.8 Å². The molecule has 1 aromatic rings. The van der Waals surface area contributed by atoms with Crippen LogP contribution >= 0.6 is 0 Å². The molecule has 0 amide bonds. The molecule has 1 N–H and O–H groups in total. The Kier molecular flexibility index (Phi) is 5.06. The predicted octanol–water partition coefficient (Wildman–Crippen LogP) is 4.87. The van der Waals surface area contributed by atoms with Gasteiger partial charge in [-0.15, -0.1) is 0 Å². The van der Waals surface area contributed by atoms with Crippen molar-refractivity contribution in [2.45, 2.75) is 89.7 Å². The van der Waals surface area contributed by atoms with Gasteiger partial charge in [0, 0.05) is 24.2 Å². The number of carbonyl (C=O) groups is 1. The third kappa shape index (κ3) is 3.56. The van der Waals surface area contributed by atoms with E-state index in [2.05, 4.69) is 23.7 Å². The Morgan fingerprint density at radius 1 is 1.06 bits per heavy atom. The molecule has 0 saturated heterocycles. The summed E-state index contributed by atoms with van der Waals surface area (Å²) in [7, 11) is 0. The van der Waals surface area contributed by atoms with Gasteiger partial charge in [-0.25, -0.2) is 4.98 Å². The second-order valence-electron chi connectivity index (χ2n) is 12.1. The highest BCUT2D eigenvalue weighted by Gasteiger charge is 2.58. The van der Waals surface area contributed by atoms with Gasteiger partial charge >= 0.3 is 0 Å². The van der Waals surface area contributed by atoms with Crippen molar-refractivity contribution in [2.75, 3.05) is 0 Å². The molecule has 5 saturated carbocycles. The van der Waals surface area contributed by atoms with Crippen LogP contribution in [-0.4, -0.2) is 26.0 Å². The fourth-order valence-corrected chi connectivity index (χ4v) is 8.66. The molecule has 0 spiro atoms. The number of Topliss-reactive ketones (excluding diaryl/α,β-unsaturated/α-hetero) is 1. The summed E-state index contributed by atoms with van der Waals surface area (Å²) in [6, 6.07) is 0. The molecule has 32 heavy (non-hydrogen) atoms. The van der Waals surface area contributed by atoms with E-state index in [1.54, 1.807) is 12.5 Å². The number of aromatic nitrogens is 2. The van der Waals surface area contributed by atoms with Crippen LogP contribution in [0.1, 0.15) is 77.6 Å². The van der Waals surface area contributed by atoms with Gasteiger partial charge < -0.3 is 9.67 Å². The summed E-state index contributed by atoms with van der Waals surface area (Å²) in [4.78, 5) is 17.4. The van der Waals surface area contributed by atoms with Crippen molar-refractivity contribution in [3.63, 3.8) is 0 Å². The summed E-state index contributed by atoms with van der Waals surface area (Å²) in [5, 5.41) is 11.2. The van der Waals surface area contributed by atoms with E-state index in [0.29, 0.717) is 30.1 Å². The molecule has 5 fully saturated rings. The quantitative estimate of drug-likeness (QED) is 0.691. The third-order valence-electron chi connectivity index (χ3n) is 10.4. The molecule has 0 bridgehead atoms. The highest BCUT2D eigenvalue weighted by Crippen LogP contribution is 2.64. The van der Waals surface area contributed by atoms with Crippen LogP contribution in [-0.2, 0) is 11.3 Å². The zero-order valence-corrected chi connectivity index (χ0v) is 19.5. The maximum absolute atomic E-state index is 13.3. The molecule has 0 unspecified atom stereocenters. The molecule has 1 heterocycles. The number of imidazole rings is 1. The maximum atomic E-state index is 13.3. The number of hydrogen-bond acceptors (Lipinski definition) is 3. The minimum absolute atomic E-state index is 0.177. The fourth-order valence-electron chi connectivity index (χ4n) is 8.66. The van der Waals surface area contributed by atoms with Gasteiger partial charge in [0.1, 0.15) is 5.60 Å². The maximum Gasteiger partial charge on any atom is 0.156 e. The zero-order valence-electron chi connectivity index (χ0n) is 19.5. The number of carbonyl (C=O) groups excluding carboxylic acids is 1. The molecule has 8 atom stereocenters. The molecule has 5 aliphatic carbocycles. The van der Waals surface area contributed by atoms with E-state index in [-0.39, 0.29) is 11.3 Å². The van der Waals surface area contributed by atoms with Gasteiger partial charge in [-0.2, -0.15) is 0 Å². The van der Waals surface area contributed by atoms with Gasteiger partial charge in [0.15, 0.2) is 5.78 Å². The highest BCUT2D eigenvalue weighted by atomic mass is 16.3. The van der Waals surface area contributed by atoms with Gasteiger partial charge in [-0.05, 0) is 106 Å². The molecule has 4 heteroatoms. The first-order valence-corrected chi connectivity index (χ1v) is 13.2. The van der Waals surface area contributed by atoms with Crippen LogP contribution in [0.5, 0.6) is 0 Å². The summed E-state index contributed by atoms with van der Waals surface area (Å²) in [5.41, 5.74) is -0.547. The van der Waals surface area contributed by atoms with Crippen molar-refractivity contribution < 1.29 is 9.90 Å². The van der Waals surface area contributed by atoms with E-state index >= 15 is 0 Å². The smallest absolute Gasteiger partial charge is 0.156 e. The Labute approximate surface area is 192 Å². The molecule has 0 radical (unpaired) electrons. The number of hydrogen-bond donors (Lipinski definition) is 1. The molecule has 0 aliphatic heterocycles. The fraction of sp³-hybridized carbons (Fsp3) is 0.786. The lowest BCUT2D eigenvalue weighted by molar-refractivity contribution is -0.132. The van der Waals surface area contributed by atoms with Gasteiger partial charge in [0.25, 0.3) is 0 Å². The molecule has 0 aromatic carbocycles. The SMILES string of the molecule is C[C@]12CC[C@H]3[C@@H](CC[C@H]4C[C@](O)(C#CC5CC5)CC[C@@H]43)[C@@H]1CC[C@@H]2C(=O)Cn1ccnc1. The van der Waals surface area contributed by atoms with Crippen LogP contribution in [0.2, 0.25) is 0 Å². The van der Waals surface area contributed by atoms with Crippen molar-refractivity contribution in [1.29, 1.82) is 0 Å². The predicted molar refractivity (Wildman–Crippen MR) is 123 cm³/mol. The molecule has 172 valence electrons. The minimum Gasteiger partial charge on any atom is -0.378 e. The first-order chi connectivity index (χ1) is 15.5. The highest BCUT2D eigenvalue weighted by molar-refractivity contribution is 5.82. The standard InChI is InChI=1S/C28H38N2O2/c1-27-11-9-22-21-10-13-28(32,12-8-19-2-3-19)16-20(21)4-5-23(22)24(27)6-7-25(27)26(31)17-30-15-14-29-18-30/h14-15,18-25,32H,2-7,9-11,13,16-17H2,1H3/t20-,21-,22+,23+,24-,25+,27-,28-/m0/s1.